The molecule has 6 nitrogen and oxygen atoms in total. The van der Waals surface area contributed by atoms with Gasteiger partial charge in [-0.3, -0.25) is 4.79 Å². The second-order valence-corrected chi connectivity index (χ2v) is 8.92. The lowest BCUT2D eigenvalue weighted by molar-refractivity contribution is -0.113. The van der Waals surface area contributed by atoms with Crippen LogP contribution >= 0.6 is 34.4 Å². The Morgan fingerprint density at radius 3 is 2.76 bits per heavy atom. The topological polar surface area (TPSA) is 72.7 Å². The summed E-state index contributed by atoms with van der Waals surface area (Å²) in [4.78, 5) is 18.0. The molecule has 0 atom stereocenters. The van der Waals surface area contributed by atoms with Crippen LogP contribution in [0.2, 0.25) is 0 Å². The molecular formula is C20H19N5OS3. The highest BCUT2D eigenvalue weighted by molar-refractivity contribution is 7.99. The number of hydrogen-bond acceptors (Lipinski definition) is 7. The molecular weight excluding hydrogens is 422 g/mol. The third-order valence-electron chi connectivity index (χ3n) is 4.06. The Labute approximate surface area is 181 Å². The van der Waals surface area contributed by atoms with Gasteiger partial charge in [-0.05, 0) is 17.9 Å². The first-order valence-electron chi connectivity index (χ1n) is 9.15. The minimum absolute atomic E-state index is 0.104. The smallest absolute Gasteiger partial charge is 0.236 e. The standard InChI is InChI=1S/C20H19N5OS3/c1-2-10-25-18(16-9-6-11-27-16)23-24-20(25)29-13-17(26)22-19-21-15(12-28-19)14-7-4-3-5-8-14/h3-9,11-12H,2,10,13H2,1H3,(H,21,22,26). The normalized spacial score (nSPS) is 10.9. The maximum atomic E-state index is 12.4. The zero-order chi connectivity index (χ0) is 20.1. The van der Waals surface area contributed by atoms with Crippen LogP contribution < -0.4 is 5.32 Å². The number of hydrogen-bond donors (Lipinski definition) is 1. The number of nitrogens with one attached hydrogen (secondary N) is 1. The molecule has 4 rings (SSSR count). The van der Waals surface area contributed by atoms with Gasteiger partial charge >= 0.3 is 0 Å². The van der Waals surface area contributed by atoms with Crippen molar-refractivity contribution in [1.29, 1.82) is 0 Å². The zero-order valence-corrected chi connectivity index (χ0v) is 18.2. The number of rotatable bonds is 8. The number of nitrogens with zero attached hydrogens (tertiary/aromatic N) is 4. The summed E-state index contributed by atoms with van der Waals surface area (Å²) in [5.74, 6) is 1.01. The summed E-state index contributed by atoms with van der Waals surface area (Å²) in [5.41, 5.74) is 1.90. The van der Waals surface area contributed by atoms with Gasteiger partial charge in [0.2, 0.25) is 5.91 Å². The second-order valence-electron chi connectivity index (χ2n) is 6.18. The van der Waals surface area contributed by atoms with Crippen molar-refractivity contribution >= 4 is 45.5 Å². The summed E-state index contributed by atoms with van der Waals surface area (Å²) >= 11 is 4.46. The molecule has 0 bridgehead atoms. The van der Waals surface area contributed by atoms with Crippen molar-refractivity contribution in [3.63, 3.8) is 0 Å². The molecule has 3 aromatic heterocycles. The highest BCUT2D eigenvalue weighted by Crippen LogP contribution is 2.28. The first kappa shape index (κ1) is 19.8. The predicted molar refractivity (Wildman–Crippen MR) is 121 cm³/mol. The largest absolute Gasteiger partial charge is 0.301 e. The third kappa shape index (κ3) is 4.75. The average Bonchev–Trinajstić information content (AvgIpc) is 3.49. The van der Waals surface area contributed by atoms with Crippen LogP contribution in [0.1, 0.15) is 13.3 Å². The van der Waals surface area contributed by atoms with E-state index in [9.17, 15) is 4.79 Å². The van der Waals surface area contributed by atoms with Crippen LogP contribution in [0.4, 0.5) is 5.13 Å². The van der Waals surface area contributed by atoms with Gasteiger partial charge in [-0.2, -0.15) is 0 Å². The van der Waals surface area contributed by atoms with E-state index in [1.165, 1.54) is 23.1 Å². The number of thiazole rings is 1. The van der Waals surface area contributed by atoms with Crippen LogP contribution in [0.5, 0.6) is 0 Å². The molecule has 0 saturated heterocycles. The monoisotopic (exact) mass is 441 g/mol. The average molecular weight is 442 g/mol. The van der Waals surface area contributed by atoms with Crippen LogP contribution in [-0.4, -0.2) is 31.4 Å². The molecule has 3 heterocycles. The predicted octanol–water partition coefficient (Wildman–Crippen LogP) is 5.27. The minimum Gasteiger partial charge on any atom is -0.301 e. The summed E-state index contributed by atoms with van der Waals surface area (Å²) in [7, 11) is 0. The van der Waals surface area contributed by atoms with Gasteiger partial charge in [0, 0.05) is 17.5 Å². The molecule has 1 amide bonds. The van der Waals surface area contributed by atoms with Crippen molar-refractivity contribution in [3.05, 3.63) is 53.2 Å². The van der Waals surface area contributed by atoms with Crippen LogP contribution in [0, 0.1) is 0 Å². The second kappa shape index (κ2) is 9.34. The van der Waals surface area contributed by atoms with Crippen LogP contribution in [0.15, 0.2) is 58.4 Å². The van der Waals surface area contributed by atoms with E-state index >= 15 is 0 Å². The van der Waals surface area contributed by atoms with Crippen molar-refractivity contribution in [1.82, 2.24) is 19.7 Å². The molecule has 9 heteroatoms. The van der Waals surface area contributed by atoms with Crippen molar-refractivity contribution < 1.29 is 4.79 Å². The number of thioether (sulfide) groups is 1. The van der Waals surface area contributed by atoms with Gasteiger partial charge < -0.3 is 9.88 Å². The molecule has 148 valence electrons. The highest BCUT2D eigenvalue weighted by Gasteiger charge is 2.16. The Bertz CT molecular complexity index is 1070. The number of carbonyl (C=O) groups is 1. The summed E-state index contributed by atoms with van der Waals surface area (Å²) in [6, 6.07) is 14.0. The van der Waals surface area contributed by atoms with Crippen LogP contribution in [0.25, 0.3) is 22.0 Å². The molecule has 4 aromatic rings. The molecule has 0 fully saturated rings. The van der Waals surface area contributed by atoms with Gasteiger partial charge in [-0.1, -0.05) is 55.1 Å². The fourth-order valence-corrected chi connectivity index (χ4v) is 4.98. The molecule has 1 N–H and O–H groups in total. The van der Waals surface area contributed by atoms with Gasteiger partial charge in [0.15, 0.2) is 16.1 Å². The number of thiophene rings is 1. The molecule has 29 heavy (non-hydrogen) atoms. The van der Waals surface area contributed by atoms with Crippen molar-refractivity contribution in [2.75, 3.05) is 11.1 Å². The molecule has 0 aliphatic carbocycles. The summed E-state index contributed by atoms with van der Waals surface area (Å²) in [5, 5.41) is 16.9. The van der Waals surface area contributed by atoms with Crippen molar-refractivity contribution in [2.45, 2.75) is 25.0 Å². The maximum Gasteiger partial charge on any atom is 0.236 e. The first-order valence-corrected chi connectivity index (χ1v) is 11.9. The quantitative estimate of drug-likeness (QED) is 0.377. The lowest BCUT2D eigenvalue weighted by Crippen LogP contribution is -2.14. The fraction of sp³-hybridized carbons (Fsp3) is 0.200. The Morgan fingerprint density at radius 2 is 2.00 bits per heavy atom. The van der Waals surface area contributed by atoms with E-state index in [4.69, 9.17) is 0 Å². The Morgan fingerprint density at radius 1 is 1.14 bits per heavy atom. The number of benzene rings is 1. The van der Waals surface area contributed by atoms with E-state index < -0.39 is 0 Å². The summed E-state index contributed by atoms with van der Waals surface area (Å²) < 4.78 is 2.08. The van der Waals surface area contributed by atoms with E-state index in [0.717, 1.165) is 40.1 Å². The molecule has 0 saturated carbocycles. The SMILES string of the molecule is CCCn1c(SCC(=O)Nc2nc(-c3ccccc3)cs2)nnc1-c1cccs1. The molecule has 0 aliphatic heterocycles. The Hall–Kier alpha value is -2.49. The first-order chi connectivity index (χ1) is 14.2. The van der Waals surface area contributed by atoms with E-state index in [1.54, 1.807) is 11.3 Å². The number of aromatic nitrogens is 4. The van der Waals surface area contributed by atoms with Gasteiger partial charge in [-0.25, -0.2) is 4.98 Å². The maximum absolute atomic E-state index is 12.4. The van der Waals surface area contributed by atoms with E-state index in [1.807, 2.05) is 53.2 Å². The molecule has 0 unspecified atom stereocenters. The van der Waals surface area contributed by atoms with E-state index in [2.05, 4.69) is 32.0 Å². The van der Waals surface area contributed by atoms with Gasteiger partial charge in [0.25, 0.3) is 0 Å². The number of carbonyl (C=O) groups excluding carboxylic acids is 1. The highest BCUT2D eigenvalue weighted by atomic mass is 32.2. The van der Waals surface area contributed by atoms with E-state index in [0.29, 0.717) is 5.13 Å². The molecule has 0 aliphatic rings. The van der Waals surface area contributed by atoms with Crippen LogP contribution in [-0.2, 0) is 11.3 Å². The lowest BCUT2D eigenvalue weighted by atomic mass is 10.2. The summed E-state index contributed by atoms with van der Waals surface area (Å²) in [6.07, 6.45) is 0.970. The Kier molecular flexibility index (Phi) is 6.38. The molecule has 0 radical (unpaired) electrons. The van der Waals surface area contributed by atoms with Gasteiger partial charge in [-0.15, -0.1) is 32.9 Å². The molecule has 1 aromatic carbocycles. The lowest BCUT2D eigenvalue weighted by Gasteiger charge is -2.07. The minimum atomic E-state index is -0.104. The van der Waals surface area contributed by atoms with Crippen LogP contribution in [0.3, 0.4) is 0 Å². The number of anilines is 1. The van der Waals surface area contributed by atoms with Crippen molar-refractivity contribution in [3.8, 4) is 22.0 Å². The van der Waals surface area contributed by atoms with Gasteiger partial charge in [0.1, 0.15) is 0 Å². The number of amides is 1. The van der Waals surface area contributed by atoms with Crippen molar-refractivity contribution in [2.24, 2.45) is 0 Å². The fourth-order valence-electron chi connectivity index (χ4n) is 2.77. The Balaban J connectivity index is 1.40. The molecule has 0 spiro atoms. The zero-order valence-electron chi connectivity index (χ0n) is 15.7. The third-order valence-corrected chi connectivity index (χ3v) is 6.65. The van der Waals surface area contributed by atoms with Gasteiger partial charge in [0.05, 0.1) is 16.3 Å². The van der Waals surface area contributed by atoms with E-state index in [-0.39, 0.29) is 11.7 Å². The summed E-state index contributed by atoms with van der Waals surface area (Å²) in [6.45, 7) is 2.93.